The first kappa shape index (κ1) is 19.6. The molecule has 1 heterocycles. The smallest absolute Gasteiger partial charge is 0.248 e. The predicted octanol–water partition coefficient (Wildman–Crippen LogP) is 3.96. The minimum absolute atomic E-state index is 0.0314. The van der Waals surface area contributed by atoms with Crippen molar-refractivity contribution in [1.82, 2.24) is 0 Å². The molecule has 1 N–H and O–H groups in total. The maximum Gasteiger partial charge on any atom is 0.248 e. The van der Waals surface area contributed by atoms with Crippen molar-refractivity contribution in [3.8, 4) is 6.07 Å². The van der Waals surface area contributed by atoms with E-state index in [1.54, 1.807) is 42.5 Å². The molecule has 0 saturated carbocycles. The Kier molecular flexibility index (Phi) is 6.07. The Hall–Kier alpha value is -3.17. The molecule has 0 bridgehead atoms. The van der Waals surface area contributed by atoms with Gasteiger partial charge in [0.1, 0.15) is 5.82 Å². The van der Waals surface area contributed by atoms with Crippen molar-refractivity contribution in [2.45, 2.75) is 26.1 Å². The number of amides is 1. The van der Waals surface area contributed by atoms with Crippen molar-refractivity contribution in [3.05, 3.63) is 65.5 Å². The summed E-state index contributed by atoms with van der Waals surface area (Å²) in [6.07, 6.45) is 2.95. The lowest BCUT2D eigenvalue weighted by Gasteiger charge is -2.37. The van der Waals surface area contributed by atoms with Crippen LogP contribution in [-0.2, 0) is 9.53 Å². The van der Waals surface area contributed by atoms with Crippen LogP contribution < -0.4 is 10.2 Å². The first-order valence-corrected chi connectivity index (χ1v) is 9.14. The second kappa shape index (κ2) is 8.68. The molecule has 6 heteroatoms. The van der Waals surface area contributed by atoms with Crippen LogP contribution in [0.5, 0.6) is 0 Å². The van der Waals surface area contributed by atoms with E-state index in [1.165, 1.54) is 12.1 Å². The van der Waals surface area contributed by atoms with Gasteiger partial charge in [-0.3, -0.25) is 4.79 Å². The van der Waals surface area contributed by atoms with Crippen molar-refractivity contribution in [2.75, 3.05) is 23.3 Å². The third-order valence-corrected chi connectivity index (χ3v) is 4.47. The minimum Gasteiger partial charge on any atom is -0.372 e. The first-order chi connectivity index (χ1) is 13.5. The molecule has 0 aromatic heterocycles. The topological polar surface area (TPSA) is 65.4 Å². The van der Waals surface area contributed by atoms with E-state index < -0.39 is 11.7 Å². The van der Waals surface area contributed by atoms with Crippen LogP contribution in [0.15, 0.2) is 48.5 Å². The molecule has 5 nitrogen and oxygen atoms in total. The summed E-state index contributed by atoms with van der Waals surface area (Å²) in [5.74, 6) is -0.786. The third-order valence-electron chi connectivity index (χ3n) is 4.47. The van der Waals surface area contributed by atoms with Gasteiger partial charge >= 0.3 is 0 Å². The molecular formula is C22H22FN3O2. The van der Waals surface area contributed by atoms with E-state index in [4.69, 9.17) is 10.00 Å². The number of hydrogen-bond acceptors (Lipinski definition) is 4. The summed E-state index contributed by atoms with van der Waals surface area (Å²) < 4.78 is 20.3. The van der Waals surface area contributed by atoms with Crippen molar-refractivity contribution >= 4 is 23.4 Å². The number of nitrogens with one attached hydrogen (secondary N) is 1. The second-order valence-corrected chi connectivity index (χ2v) is 6.85. The van der Waals surface area contributed by atoms with Gasteiger partial charge in [0.25, 0.3) is 0 Å². The van der Waals surface area contributed by atoms with Crippen molar-refractivity contribution in [2.24, 2.45) is 0 Å². The second-order valence-electron chi connectivity index (χ2n) is 6.85. The molecular weight excluding hydrogens is 357 g/mol. The van der Waals surface area contributed by atoms with Crippen LogP contribution in [0.4, 0.5) is 15.8 Å². The molecule has 3 rings (SSSR count). The molecule has 1 saturated heterocycles. The monoisotopic (exact) mass is 379 g/mol. The lowest BCUT2D eigenvalue weighted by Crippen LogP contribution is -2.45. The van der Waals surface area contributed by atoms with E-state index in [0.29, 0.717) is 35.6 Å². The number of carbonyl (C=O) groups is 1. The lowest BCUT2D eigenvalue weighted by atomic mass is 10.1. The molecule has 144 valence electrons. The maximum absolute atomic E-state index is 14.6. The molecule has 0 aliphatic carbocycles. The molecule has 28 heavy (non-hydrogen) atoms. The molecule has 2 aromatic rings. The fourth-order valence-corrected chi connectivity index (χ4v) is 3.31. The number of morpholine rings is 1. The molecule has 1 amide bonds. The summed E-state index contributed by atoms with van der Waals surface area (Å²) in [7, 11) is 0. The van der Waals surface area contributed by atoms with E-state index in [1.807, 2.05) is 18.7 Å². The Bertz CT molecular complexity index is 926. The average Bonchev–Trinajstić information content (AvgIpc) is 2.66. The van der Waals surface area contributed by atoms with Crippen molar-refractivity contribution < 1.29 is 13.9 Å². The number of rotatable bonds is 4. The number of halogens is 1. The van der Waals surface area contributed by atoms with Gasteiger partial charge in [0.05, 0.1) is 29.5 Å². The molecule has 1 fully saturated rings. The Morgan fingerprint density at radius 1 is 1.25 bits per heavy atom. The quantitative estimate of drug-likeness (QED) is 0.817. The van der Waals surface area contributed by atoms with Crippen molar-refractivity contribution in [3.63, 3.8) is 0 Å². The fourth-order valence-electron chi connectivity index (χ4n) is 3.31. The summed E-state index contributed by atoms with van der Waals surface area (Å²) >= 11 is 0. The number of anilines is 2. The highest BCUT2D eigenvalue weighted by Crippen LogP contribution is 2.26. The van der Waals surface area contributed by atoms with Crippen LogP contribution in [0.25, 0.3) is 6.08 Å². The van der Waals surface area contributed by atoms with Gasteiger partial charge in [-0.15, -0.1) is 0 Å². The van der Waals surface area contributed by atoms with Gasteiger partial charge < -0.3 is 15.0 Å². The standard InChI is InChI=1S/C22H22FN3O2/c1-15-13-26(14-16(2)28-15)21-9-8-19(11-20(21)23)25-22(27)10-7-17-5-3-4-6-18(17)12-24/h3-11,15-16H,13-14H2,1-2H3,(H,25,27)/b10-7+. The van der Waals surface area contributed by atoms with E-state index in [-0.39, 0.29) is 12.2 Å². The minimum atomic E-state index is -0.395. The Morgan fingerprint density at radius 3 is 2.64 bits per heavy atom. The largest absolute Gasteiger partial charge is 0.372 e. The summed E-state index contributed by atoms with van der Waals surface area (Å²) in [5, 5.41) is 11.7. The van der Waals surface area contributed by atoms with Crippen LogP contribution in [-0.4, -0.2) is 31.2 Å². The van der Waals surface area contributed by atoms with Gasteiger partial charge in [0, 0.05) is 24.9 Å². The van der Waals surface area contributed by atoms with E-state index >= 15 is 0 Å². The highest BCUT2D eigenvalue weighted by Gasteiger charge is 2.24. The lowest BCUT2D eigenvalue weighted by molar-refractivity contribution is -0.111. The Labute approximate surface area is 164 Å². The Balaban J connectivity index is 1.68. The summed E-state index contributed by atoms with van der Waals surface area (Å²) in [4.78, 5) is 14.1. The highest BCUT2D eigenvalue weighted by molar-refractivity contribution is 6.02. The van der Waals surface area contributed by atoms with Gasteiger partial charge in [0.2, 0.25) is 5.91 Å². The van der Waals surface area contributed by atoms with Crippen LogP contribution in [0.2, 0.25) is 0 Å². The number of nitriles is 1. The third kappa shape index (κ3) is 4.76. The van der Waals surface area contributed by atoms with E-state index in [9.17, 15) is 9.18 Å². The average molecular weight is 379 g/mol. The predicted molar refractivity (Wildman–Crippen MR) is 107 cm³/mol. The van der Waals surface area contributed by atoms with Crippen LogP contribution in [0.1, 0.15) is 25.0 Å². The molecule has 2 aromatic carbocycles. The van der Waals surface area contributed by atoms with E-state index in [2.05, 4.69) is 11.4 Å². The van der Waals surface area contributed by atoms with Gasteiger partial charge in [-0.25, -0.2) is 4.39 Å². The van der Waals surface area contributed by atoms with Gasteiger partial charge in [-0.05, 0) is 49.8 Å². The zero-order valence-electron chi connectivity index (χ0n) is 15.9. The number of nitrogens with zero attached hydrogens (tertiary/aromatic N) is 2. The molecule has 1 aliphatic heterocycles. The molecule has 0 spiro atoms. The summed E-state index contributed by atoms with van der Waals surface area (Å²) in [5.41, 5.74) is 2.01. The molecule has 0 radical (unpaired) electrons. The number of benzene rings is 2. The molecule has 2 unspecified atom stereocenters. The summed E-state index contributed by atoms with van der Waals surface area (Å²) in [6.45, 7) is 5.17. The molecule has 1 aliphatic rings. The SMILES string of the molecule is CC1CN(c2ccc(NC(=O)/C=C/c3ccccc3C#N)cc2F)CC(C)O1. The molecule has 2 atom stereocenters. The van der Waals surface area contributed by atoms with Crippen molar-refractivity contribution in [1.29, 1.82) is 5.26 Å². The van der Waals surface area contributed by atoms with Crippen LogP contribution in [0, 0.1) is 17.1 Å². The first-order valence-electron chi connectivity index (χ1n) is 9.14. The zero-order chi connectivity index (χ0) is 20.1. The van der Waals surface area contributed by atoms with Gasteiger partial charge in [-0.1, -0.05) is 18.2 Å². The fraction of sp³-hybridized carbons (Fsp3) is 0.273. The normalized spacial score (nSPS) is 19.4. The Morgan fingerprint density at radius 2 is 1.96 bits per heavy atom. The highest BCUT2D eigenvalue weighted by atomic mass is 19.1. The van der Waals surface area contributed by atoms with Gasteiger partial charge in [0.15, 0.2) is 0 Å². The number of hydrogen-bond donors (Lipinski definition) is 1. The zero-order valence-corrected chi connectivity index (χ0v) is 15.9. The summed E-state index contributed by atoms with van der Waals surface area (Å²) in [6, 6.07) is 13.7. The van der Waals surface area contributed by atoms with Crippen LogP contribution >= 0.6 is 0 Å². The number of carbonyl (C=O) groups excluding carboxylic acids is 1. The van der Waals surface area contributed by atoms with Crippen LogP contribution in [0.3, 0.4) is 0 Å². The number of ether oxygens (including phenoxy) is 1. The maximum atomic E-state index is 14.6. The van der Waals surface area contributed by atoms with Gasteiger partial charge in [-0.2, -0.15) is 5.26 Å². The van der Waals surface area contributed by atoms with E-state index in [0.717, 1.165) is 0 Å².